The number of quaternary nitrogens is 1. The second-order valence-electron chi connectivity index (χ2n) is 16.6. The Hall–Kier alpha value is -2.19. The maximum atomic E-state index is 12.7. The van der Waals surface area contributed by atoms with E-state index in [0.29, 0.717) is 12.8 Å². The molecule has 2 atom stereocenters. The quantitative estimate of drug-likeness (QED) is 0.0264. The van der Waals surface area contributed by atoms with E-state index in [9.17, 15) is 19.5 Å². The Morgan fingerprint density at radius 1 is 0.527 bits per heavy atom. The van der Waals surface area contributed by atoms with Gasteiger partial charge in [0.2, 0.25) is 0 Å². The van der Waals surface area contributed by atoms with Gasteiger partial charge >= 0.3 is 11.9 Å². The normalized spacial score (nSPS) is 13.1. The van der Waals surface area contributed by atoms with Crippen LogP contribution in [-0.4, -0.2) is 75.5 Å². The minimum Gasteiger partial charge on any atom is -0.544 e. The molecular weight excluding hydrogens is 691 g/mol. The molecule has 0 aromatic rings. The summed E-state index contributed by atoms with van der Waals surface area (Å²) in [6.07, 6.45) is 42.1. The lowest BCUT2D eigenvalue weighted by Crippen LogP contribution is -2.55. The van der Waals surface area contributed by atoms with Gasteiger partial charge in [0.05, 0.1) is 40.3 Å². The number of hydrogen-bond donors (Lipinski definition) is 0. The number of carbonyl (C=O) groups excluding carboxylic acids is 3. The Morgan fingerprint density at radius 2 is 0.927 bits per heavy atom. The number of unbranched alkanes of at least 4 members (excludes halogenated alkanes) is 23. The first-order chi connectivity index (χ1) is 26.6. The van der Waals surface area contributed by atoms with Crippen molar-refractivity contribution >= 4 is 17.9 Å². The highest BCUT2D eigenvalue weighted by Gasteiger charge is 2.25. The second-order valence-corrected chi connectivity index (χ2v) is 16.6. The maximum absolute atomic E-state index is 12.7. The first-order valence-corrected chi connectivity index (χ1v) is 22.9. The largest absolute Gasteiger partial charge is 0.544 e. The highest BCUT2D eigenvalue weighted by molar-refractivity contribution is 5.70. The number of nitrogens with zero attached hydrogens (tertiary/aromatic N) is 1. The topological polar surface area (TPSA) is 102 Å². The van der Waals surface area contributed by atoms with Gasteiger partial charge < -0.3 is 28.6 Å². The molecule has 2 unspecified atom stereocenters. The van der Waals surface area contributed by atoms with Gasteiger partial charge in [-0.25, -0.2) is 0 Å². The summed E-state index contributed by atoms with van der Waals surface area (Å²) in [7, 11) is 5.40. The number of ether oxygens (including phenoxy) is 3. The van der Waals surface area contributed by atoms with Crippen LogP contribution in [0.2, 0.25) is 0 Å². The lowest BCUT2D eigenvalue weighted by molar-refractivity contribution is -0.889. The zero-order valence-corrected chi connectivity index (χ0v) is 36.6. The van der Waals surface area contributed by atoms with Crippen molar-refractivity contribution in [2.45, 2.75) is 219 Å². The summed E-state index contributed by atoms with van der Waals surface area (Å²) in [6.45, 7) is 4.61. The Bertz CT molecular complexity index is 957. The average molecular weight is 778 g/mol. The van der Waals surface area contributed by atoms with Crippen LogP contribution >= 0.6 is 0 Å². The summed E-state index contributed by atoms with van der Waals surface area (Å²) >= 11 is 0. The van der Waals surface area contributed by atoms with E-state index in [1.165, 1.54) is 116 Å². The average Bonchev–Trinajstić information content (AvgIpc) is 3.14. The summed E-state index contributed by atoms with van der Waals surface area (Å²) in [5.41, 5.74) is 0. The smallest absolute Gasteiger partial charge is 0.306 e. The van der Waals surface area contributed by atoms with E-state index in [2.05, 4.69) is 38.2 Å². The number of carbonyl (C=O) groups is 3. The Balaban J connectivity index is 4.24. The Labute approximate surface area is 339 Å². The Morgan fingerprint density at radius 3 is 1.36 bits per heavy atom. The van der Waals surface area contributed by atoms with Gasteiger partial charge in [0.1, 0.15) is 12.6 Å². The number of likely N-dealkylation sites (N-methyl/N-ethyl adjacent to an activating group) is 1. The molecule has 0 fully saturated rings. The lowest BCUT2D eigenvalue weighted by atomic mass is 10.1. The SMILES string of the molecule is CCCC/C=C/CCCCCCC(=O)OCC(COCCC(C(=O)[O-])[N+](C)(C)C)OC(=O)CCCCCCCCC/C=C/CCCCCCCCCCCC. The predicted octanol–water partition coefficient (Wildman–Crippen LogP) is 11.1. The minimum atomic E-state index is -1.13. The molecule has 0 N–H and O–H groups in total. The molecule has 8 heteroatoms. The standard InChI is InChI=1S/C47H87NO7/c1-6-8-10-12-14-16-18-19-20-21-22-23-24-25-26-27-28-30-32-34-36-38-46(50)55-43(41-53-40-39-44(47(51)52)48(3,4)5)42-54-45(49)37-35-33-31-29-17-15-13-11-9-7-2/h13,15,23-24,43-44H,6-12,14,16-22,25-42H2,1-5H3/b15-13+,24-23+. The first-order valence-electron chi connectivity index (χ1n) is 22.9. The summed E-state index contributed by atoms with van der Waals surface area (Å²) in [4.78, 5) is 36.8. The van der Waals surface area contributed by atoms with Gasteiger partial charge in [-0.3, -0.25) is 9.59 Å². The fourth-order valence-corrected chi connectivity index (χ4v) is 6.69. The molecule has 0 aliphatic carbocycles. The molecule has 0 saturated heterocycles. The third-order valence-electron chi connectivity index (χ3n) is 10.3. The molecule has 0 heterocycles. The minimum absolute atomic E-state index is 0.0379. The van der Waals surface area contributed by atoms with Gasteiger partial charge in [0, 0.05) is 19.3 Å². The van der Waals surface area contributed by atoms with Gasteiger partial charge in [-0.15, -0.1) is 0 Å². The van der Waals surface area contributed by atoms with E-state index in [1.807, 2.05) is 0 Å². The molecule has 322 valence electrons. The van der Waals surface area contributed by atoms with Gasteiger partial charge in [0.25, 0.3) is 0 Å². The zero-order valence-electron chi connectivity index (χ0n) is 36.6. The summed E-state index contributed by atoms with van der Waals surface area (Å²) in [5.74, 6) is -1.75. The lowest BCUT2D eigenvalue weighted by Gasteiger charge is -2.34. The van der Waals surface area contributed by atoms with Gasteiger partial charge in [-0.2, -0.15) is 0 Å². The van der Waals surface area contributed by atoms with Crippen LogP contribution in [0.15, 0.2) is 24.3 Å². The van der Waals surface area contributed by atoms with Crippen molar-refractivity contribution in [2.24, 2.45) is 0 Å². The van der Waals surface area contributed by atoms with Crippen molar-refractivity contribution in [3.05, 3.63) is 24.3 Å². The fraction of sp³-hybridized carbons (Fsp3) is 0.851. The molecule has 55 heavy (non-hydrogen) atoms. The van der Waals surface area contributed by atoms with Crippen molar-refractivity contribution in [3.8, 4) is 0 Å². The number of carboxylic acid groups (broad SMARTS) is 1. The van der Waals surface area contributed by atoms with Crippen LogP contribution in [0.1, 0.15) is 206 Å². The molecule has 0 rings (SSSR count). The van der Waals surface area contributed by atoms with Crippen molar-refractivity contribution < 1.29 is 38.2 Å². The van der Waals surface area contributed by atoms with Crippen LogP contribution in [0.3, 0.4) is 0 Å². The second kappa shape index (κ2) is 38.7. The van der Waals surface area contributed by atoms with Crippen molar-refractivity contribution in [1.29, 1.82) is 0 Å². The first kappa shape index (κ1) is 52.8. The van der Waals surface area contributed by atoms with Crippen LogP contribution in [0, 0.1) is 0 Å². The molecule has 0 aliphatic heterocycles. The number of aliphatic carboxylic acids is 1. The van der Waals surface area contributed by atoms with E-state index < -0.39 is 18.1 Å². The van der Waals surface area contributed by atoms with E-state index in [-0.39, 0.29) is 42.7 Å². The molecular formula is C47H87NO7. The highest BCUT2D eigenvalue weighted by Crippen LogP contribution is 2.14. The third kappa shape index (κ3) is 37.2. The molecule has 0 spiro atoms. The summed E-state index contributed by atoms with van der Waals surface area (Å²) in [5, 5.41) is 11.6. The predicted molar refractivity (Wildman–Crippen MR) is 227 cm³/mol. The zero-order chi connectivity index (χ0) is 40.7. The Kier molecular flexibility index (Phi) is 37.1. The molecule has 0 radical (unpaired) electrons. The van der Waals surface area contributed by atoms with Crippen LogP contribution in [0.5, 0.6) is 0 Å². The number of rotatable bonds is 41. The molecule has 0 aliphatic rings. The van der Waals surface area contributed by atoms with Crippen LogP contribution < -0.4 is 5.11 Å². The molecule has 0 amide bonds. The molecule has 8 nitrogen and oxygen atoms in total. The number of hydrogen-bond acceptors (Lipinski definition) is 7. The van der Waals surface area contributed by atoms with E-state index in [4.69, 9.17) is 14.2 Å². The van der Waals surface area contributed by atoms with E-state index >= 15 is 0 Å². The van der Waals surface area contributed by atoms with Crippen molar-refractivity contribution in [2.75, 3.05) is 41.0 Å². The summed E-state index contributed by atoms with van der Waals surface area (Å²) in [6, 6.07) is -0.725. The fourth-order valence-electron chi connectivity index (χ4n) is 6.69. The van der Waals surface area contributed by atoms with Crippen LogP contribution in [-0.2, 0) is 28.6 Å². The molecule has 0 saturated carbocycles. The third-order valence-corrected chi connectivity index (χ3v) is 10.3. The monoisotopic (exact) mass is 778 g/mol. The summed E-state index contributed by atoms with van der Waals surface area (Å²) < 4.78 is 17.1. The number of esters is 2. The van der Waals surface area contributed by atoms with E-state index in [1.54, 1.807) is 21.1 Å². The van der Waals surface area contributed by atoms with Crippen molar-refractivity contribution in [1.82, 2.24) is 0 Å². The van der Waals surface area contributed by atoms with Gasteiger partial charge in [-0.1, -0.05) is 154 Å². The molecule has 0 aromatic carbocycles. The maximum Gasteiger partial charge on any atom is 0.306 e. The van der Waals surface area contributed by atoms with Crippen molar-refractivity contribution in [3.63, 3.8) is 0 Å². The van der Waals surface area contributed by atoms with E-state index in [0.717, 1.165) is 57.8 Å². The van der Waals surface area contributed by atoms with Gasteiger partial charge in [0.15, 0.2) is 6.10 Å². The molecule has 0 aromatic heterocycles. The van der Waals surface area contributed by atoms with Crippen LogP contribution in [0.25, 0.3) is 0 Å². The number of carboxylic acids is 1. The number of allylic oxidation sites excluding steroid dienone is 4. The highest BCUT2D eigenvalue weighted by atomic mass is 16.6. The van der Waals surface area contributed by atoms with Crippen LogP contribution in [0.4, 0.5) is 0 Å². The van der Waals surface area contributed by atoms with Gasteiger partial charge in [-0.05, 0) is 57.8 Å². The molecule has 0 bridgehead atoms.